The van der Waals surface area contributed by atoms with Gasteiger partial charge >= 0.3 is 0 Å². The summed E-state index contributed by atoms with van der Waals surface area (Å²) in [6.45, 7) is 8.45. The van der Waals surface area contributed by atoms with Gasteiger partial charge in [0, 0.05) is 29.3 Å². The van der Waals surface area contributed by atoms with Crippen molar-refractivity contribution in [1.29, 1.82) is 0 Å². The van der Waals surface area contributed by atoms with E-state index in [9.17, 15) is 0 Å². The van der Waals surface area contributed by atoms with Gasteiger partial charge in [0.25, 0.3) is 0 Å². The van der Waals surface area contributed by atoms with E-state index in [0.29, 0.717) is 23.6 Å². The lowest BCUT2D eigenvalue weighted by molar-refractivity contribution is -0.0831. The molecule has 2 N–H and O–H groups in total. The Morgan fingerprint density at radius 3 is 2.74 bits per heavy atom. The first kappa shape index (κ1) is 22.9. The highest BCUT2D eigenvalue weighted by Gasteiger charge is 2.39. The van der Waals surface area contributed by atoms with Crippen LogP contribution in [0.5, 0.6) is 5.75 Å². The smallest absolute Gasteiger partial charge is 0.197 e. The highest BCUT2D eigenvalue weighted by molar-refractivity contribution is 7.18. The summed E-state index contributed by atoms with van der Waals surface area (Å²) < 4.78 is 12.9. The maximum atomic E-state index is 5.60. The van der Waals surface area contributed by atoms with Gasteiger partial charge in [0.1, 0.15) is 16.7 Å². The third kappa shape index (κ3) is 3.93. The van der Waals surface area contributed by atoms with Gasteiger partial charge < -0.3 is 19.8 Å². The van der Waals surface area contributed by atoms with Gasteiger partial charge in [-0.15, -0.1) is 11.3 Å². The van der Waals surface area contributed by atoms with Crippen LogP contribution in [-0.2, 0) is 4.74 Å². The third-order valence-electron chi connectivity index (χ3n) is 7.85. The molecule has 1 aliphatic carbocycles. The second-order valence-electron chi connectivity index (χ2n) is 10.4. The van der Waals surface area contributed by atoms with Crippen LogP contribution in [-0.4, -0.2) is 56.5 Å². The van der Waals surface area contributed by atoms with Crippen LogP contribution in [0.15, 0.2) is 18.6 Å². The summed E-state index contributed by atoms with van der Waals surface area (Å²) in [5, 5.41) is 9.52. The number of nitrogens with one attached hydrogen (secondary N) is 2. The van der Waals surface area contributed by atoms with Gasteiger partial charge in [-0.2, -0.15) is 5.10 Å². The molecule has 186 valence electrons. The first-order valence-corrected chi connectivity index (χ1v) is 13.6. The van der Waals surface area contributed by atoms with Gasteiger partial charge in [0.2, 0.25) is 0 Å². The molecule has 4 aromatic heterocycles. The molecule has 0 unspecified atom stereocenters. The van der Waals surface area contributed by atoms with E-state index in [0.717, 1.165) is 46.9 Å². The van der Waals surface area contributed by atoms with E-state index in [1.807, 2.05) is 23.6 Å². The molecule has 0 radical (unpaired) electrons. The number of thiazole rings is 1. The number of aromatic amines is 1. The summed E-state index contributed by atoms with van der Waals surface area (Å²) in [6, 6.07) is 2.64. The van der Waals surface area contributed by atoms with Crippen molar-refractivity contribution in [2.45, 2.75) is 76.3 Å². The maximum Gasteiger partial charge on any atom is 0.197 e. The van der Waals surface area contributed by atoms with Crippen molar-refractivity contribution in [3.05, 3.63) is 29.2 Å². The highest BCUT2D eigenvalue weighted by atomic mass is 32.1. The van der Waals surface area contributed by atoms with Gasteiger partial charge in [0.05, 0.1) is 36.6 Å². The standard InChI is InChI=1S/C26H34N6O2S/c1-5-26(12-34-13-26)31-18-8-6-16(7-9-18)24-30-22-20(15(2)3)21(29-25(22)35-24)17-10-19(33-4)23-27-14-28-32(23)11-17/h10-11,14-16,18,29,31H,5-9,12-13H2,1-4H3. The van der Waals surface area contributed by atoms with Crippen LogP contribution < -0.4 is 10.1 Å². The lowest BCUT2D eigenvalue weighted by atomic mass is 9.83. The second kappa shape index (κ2) is 8.87. The van der Waals surface area contributed by atoms with Gasteiger partial charge in [-0.3, -0.25) is 0 Å². The van der Waals surface area contributed by atoms with E-state index in [2.05, 4.69) is 41.2 Å². The zero-order valence-electron chi connectivity index (χ0n) is 20.9. The molecule has 0 spiro atoms. The summed E-state index contributed by atoms with van der Waals surface area (Å²) in [5.41, 5.74) is 5.44. The minimum absolute atomic E-state index is 0.217. The Labute approximate surface area is 209 Å². The van der Waals surface area contributed by atoms with Crippen LogP contribution in [0.3, 0.4) is 0 Å². The molecule has 1 saturated heterocycles. The number of fused-ring (bicyclic) bond motifs is 2. The quantitative estimate of drug-likeness (QED) is 0.364. The van der Waals surface area contributed by atoms with E-state index in [-0.39, 0.29) is 5.54 Å². The zero-order valence-corrected chi connectivity index (χ0v) is 21.7. The average Bonchev–Trinajstić information content (AvgIpc) is 3.55. The Hall–Kier alpha value is -2.49. The van der Waals surface area contributed by atoms with Gasteiger partial charge in [-0.05, 0) is 44.1 Å². The summed E-state index contributed by atoms with van der Waals surface area (Å²) in [7, 11) is 1.67. The lowest BCUT2D eigenvalue weighted by Crippen LogP contribution is -2.63. The third-order valence-corrected chi connectivity index (χ3v) is 8.99. The fraction of sp³-hybridized carbons (Fsp3) is 0.577. The molecule has 0 bridgehead atoms. The summed E-state index contributed by atoms with van der Waals surface area (Å²) in [6.07, 6.45) is 9.51. The number of rotatable bonds is 7. The Balaban J connectivity index is 1.26. The minimum atomic E-state index is 0.217. The van der Waals surface area contributed by atoms with Crippen LogP contribution in [0, 0.1) is 0 Å². The second-order valence-corrected chi connectivity index (χ2v) is 11.5. The topological polar surface area (TPSA) is 89.4 Å². The van der Waals surface area contributed by atoms with E-state index in [1.54, 1.807) is 18.0 Å². The van der Waals surface area contributed by atoms with Crippen molar-refractivity contribution >= 4 is 27.3 Å². The fourth-order valence-corrected chi connectivity index (χ4v) is 6.86. The largest absolute Gasteiger partial charge is 0.493 e. The average molecular weight is 495 g/mol. The molecular weight excluding hydrogens is 460 g/mol. The van der Waals surface area contributed by atoms with Crippen molar-refractivity contribution in [3.63, 3.8) is 0 Å². The number of H-pyrrole nitrogens is 1. The van der Waals surface area contributed by atoms with Crippen molar-refractivity contribution < 1.29 is 9.47 Å². The molecule has 0 amide bonds. The number of nitrogens with zero attached hydrogens (tertiary/aromatic N) is 4. The molecule has 35 heavy (non-hydrogen) atoms. The van der Waals surface area contributed by atoms with E-state index < -0.39 is 0 Å². The van der Waals surface area contributed by atoms with Crippen LogP contribution in [0.25, 0.3) is 27.3 Å². The molecule has 4 aromatic rings. The molecule has 1 aliphatic heterocycles. The van der Waals surface area contributed by atoms with Gasteiger partial charge in [-0.1, -0.05) is 20.8 Å². The summed E-state index contributed by atoms with van der Waals surface area (Å²) >= 11 is 1.83. The number of hydrogen-bond acceptors (Lipinski definition) is 7. The maximum absolute atomic E-state index is 5.60. The molecule has 0 atom stereocenters. The molecule has 0 aromatic carbocycles. The minimum Gasteiger partial charge on any atom is -0.493 e. The lowest BCUT2D eigenvalue weighted by Gasteiger charge is -2.45. The predicted molar refractivity (Wildman–Crippen MR) is 139 cm³/mol. The molecule has 1 saturated carbocycles. The van der Waals surface area contributed by atoms with Crippen LogP contribution in [0.1, 0.15) is 75.3 Å². The van der Waals surface area contributed by atoms with Crippen molar-refractivity contribution in [2.24, 2.45) is 0 Å². The zero-order chi connectivity index (χ0) is 24.2. The molecule has 2 fully saturated rings. The number of hydrogen-bond donors (Lipinski definition) is 2. The fourth-order valence-electron chi connectivity index (χ4n) is 5.71. The monoisotopic (exact) mass is 494 g/mol. The SMILES string of the molecule is CCC1(NC2CCC(c3nc4c(C(C)C)c(-c5cc(OC)c6ncnn6c5)[nH]c4s3)CC2)COC1. The van der Waals surface area contributed by atoms with Crippen LogP contribution >= 0.6 is 11.3 Å². The molecular formula is C26H34N6O2S. The van der Waals surface area contributed by atoms with Crippen LogP contribution in [0.2, 0.25) is 0 Å². The number of methoxy groups -OCH3 is 1. The molecule has 6 rings (SSSR count). The summed E-state index contributed by atoms with van der Waals surface area (Å²) in [5.74, 6) is 1.59. The summed E-state index contributed by atoms with van der Waals surface area (Å²) in [4.78, 5) is 14.4. The number of aromatic nitrogens is 5. The van der Waals surface area contributed by atoms with Crippen LogP contribution in [0.4, 0.5) is 0 Å². The number of pyridine rings is 1. The normalized spacial score (nSPS) is 22.2. The molecule has 2 aliphatic rings. The van der Waals surface area contributed by atoms with Gasteiger partial charge in [0.15, 0.2) is 11.4 Å². The van der Waals surface area contributed by atoms with Crippen molar-refractivity contribution in [2.75, 3.05) is 20.3 Å². The Morgan fingerprint density at radius 2 is 2.09 bits per heavy atom. The first-order chi connectivity index (χ1) is 17.0. The number of ether oxygens (including phenoxy) is 2. The Bertz CT molecular complexity index is 1340. The molecule has 5 heterocycles. The predicted octanol–water partition coefficient (Wildman–Crippen LogP) is 5.26. The van der Waals surface area contributed by atoms with Gasteiger partial charge in [-0.25, -0.2) is 14.5 Å². The Kier molecular flexibility index (Phi) is 5.81. The molecule has 8 nitrogen and oxygen atoms in total. The van der Waals surface area contributed by atoms with Crippen molar-refractivity contribution in [3.8, 4) is 17.0 Å². The highest BCUT2D eigenvalue weighted by Crippen LogP contribution is 2.43. The Morgan fingerprint density at radius 1 is 1.29 bits per heavy atom. The van der Waals surface area contributed by atoms with Crippen molar-refractivity contribution in [1.82, 2.24) is 29.9 Å². The first-order valence-electron chi connectivity index (χ1n) is 12.8. The molecule has 9 heteroatoms. The van der Waals surface area contributed by atoms with E-state index in [1.165, 1.54) is 36.3 Å². The van der Waals surface area contributed by atoms with E-state index in [4.69, 9.17) is 14.5 Å². The van der Waals surface area contributed by atoms with E-state index >= 15 is 0 Å².